The van der Waals surface area contributed by atoms with Gasteiger partial charge in [0.05, 0.1) is 12.2 Å². The molecular formula is C13H18FNO3. The summed E-state index contributed by atoms with van der Waals surface area (Å²) >= 11 is 0. The number of hydrogen-bond donors (Lipinski definition) is 1. The van der Waals surface area contributed by atoms with Crippen LogP contribution in [0.25, 0.3) is 0 Å². The van der Waals surface area contributed by atoms with Crippen LogP contribution < -0.4 is 0 Å². The SMILES string of the molecule is CCOCCN(C)Cc1ccc(F)c(C(=O)O)c1. The van der Waals surface area contributed by atoms with E-state index in [0.29, 0.717) is 19.8 Å². The second-order valence-electron chi connectivity index (χ2n) is 4.05. The Bertz CT molecular complexity index is 409. The first-order chi connectivity index (χ1) is 8.54. The summed E-state index contributed by atoms with van der Waals surface area (Å²) in [6.45, 7) is 4.54. The summed E-state index contributed by atoms with van der Waals surface area (Å²) in [5.41, 5.74) is 0.485. The molecule has 0 unspecified atom stereocenters. The largest absolute Gasteiger partial charge is 0.478 e. The van der Waals surface area contributed by atoms with Crippen molar-refractivity contribution in [2.45, 2.75) is 13.5 Å². The Balaban J connectivity index is 2.62. The maximum Gasteiger partial charge on any atom is 0.338 e. The number of hydrogen-bond acceptors (Lipinski definition) is 3. The van der Waals surface area contributed by atoms with Crippen molar-refractivity contribution in [2.24, 2.45) is 0 Å². The van der Waals surface area contributed by atoms with Crippen molar-refractivity contribution in [3.05, 3.63) is 35.1 Å². The van der Waals surface area contributed by atoms with Gasteiger partial charge in [-0.05, 0) is 31.7 Å². The molecule has 0 amide bonds. The van der Waals surface area contributed by atoms with E-state index in [4.69, 9.17) is 9.84 Å². The monoisotopic (exact) mass is 255 g/mol. The number of nitrogens with zero attached hydrogens (tertiary/aromatic N) is 1. The number of carboxylic acid groups (broad SMARTS) is 1. The fourth-order valence-electron chi connectivity index (χ4n) is 1.59. The molecule has 1 aromatic rings. The Kier molecular flexibility index (Phi) is 5.74. The predicted octanol–water partition coefficient (Wildman–Crippen LogP) is 1.99. The van der Waals surface area contributed by atoms with Crippen LogP contribution in [0.1, 0.15) is 22.8 Å². The molecule has 100 valence electrons. The fraction of sp³-hybridized carbons (Fsp3) is 0.462. The Morgan fingerprint density at radius 1 is 1.50 bits per heavy atom. The van der Waals surface area contributed by atoms with Gasteiger partial charge in [0.1, 0.15) is 5.82 Å². The van der Waals surface area contributed by atoms with Crippen LogP contribution in [0.5, 0.6) is 0 Å². The number of likely N-dealkylation sites (N-methyl/N-ethyl adjacent to an activating group) is 1. The minimum atomic E-state index is -1.24. The van der Waals surface area contributed by atoms with Crippen molar-refractivity contribution in [2.75, 3.05) is 26.8 Å². The van der Waals surface area contributed by atoms with Crippen molar-refractivity contribution in [3.63, 3.8) is 0 Å². The molecule has 1 rings (SSSR count). The third kappa shape index (κ3) is 4.43. The highest BCUT2D eigenvalue weighted by Gasteiger charge is 2.11. The second kappa shape index (κ2) is 7.08. The Morgan fingerprint density at radius 3 is 2.83 bits per heavy atom. The highest BCUT2D eigenvalue weighted by atomic mass is 19.1. The molecule has 0 atom stereocenters. The smallest absolute Gasteiger partial charge is 0.338 e. The minimum Gasteiger partial charge on any atom is -0.478 e. The topological polar surface area (TPSA) is 49.8 Å². The maximum absolute atomic E-state index is 13.2. The predicted molar refractivity (Wildman–Crippen MR) is 66.2 cm³/mol. The van der Waals surface area contributed by atoms with Gasteiger partial charge in [-0.1, -0.05) is 6.07 Å². The molecule has 0 spiro atoms. The van der Waals surface area contributed by atoms with E-state index in [2.05, 4.69) is 0 Å². The zero-order valence-corrected chi connectivity index (χ0v) is 10.6. The Hall–Kier alpha value is -1.46. The molecule has 0 aliphatic carbocycles. The van der Waals surface area contributed by atoms with E-state index in [9.17, 15) is 9.18 Å². The molecule has 0 radical (unpaired) electrons. The average Bonchev–Trinajstić information content (AvgIpc) is 2.31. The van der Waals surface area contributed by atoms with Gasteiger partial charge in [0.2, 0.25) is 0 Å². The molecule has 1 N–H and O–H groups in total. The third-order valence-corrected chi connectivity index (χ3v) is 2.54. The molecule has 0 aliphatic heterocycles. The molecule has 0 bridgehead atoms. The second-order valence-corrected chi connectivity index (χ2v) is 4.05. The fourth-order valence-corrected chi connectivity index (χ4v) is 1.59. The van der Waals surface area contributed by atoms with Crippen molar-refractivity contribution in [1.29, 1.82) is 0 Å². The normalized spacial score (nSPS) is 10.9. The van der Waals surface area contributed by atoms with Crippen LogP contribution in [-0.2, 0) is 11.3 Å². The van der Waals surface area contributed by atoms with E-state index in [-0.39, 0.29) is 5.56 Å². The zero-order chi connectivity index (χ0) is 13.5. The van der Waals surface area contributed by atoms with Crippen LogP contribution in [0, 0.1) is 5.82 Å². The van der Waals surface area contributed by atoms with Crippen LogP contribution in [0.4, 0.5) is 4.39 Å². The number of carbonyl (C=O) groups is 1. The molecule has 0 fully saturated rings. The van der Waals surface area contributed by atoms with E-state index >= 15 is 0 Å². The minimum absolute atomic E-state index is 0.286. The number of ether oxygens (including phenoxy) is 1. The van der Waals surface area contributed by atoms with E-state index < -0.39 is 11.8 Å². The summed E-state index contributed by atoms with van der Waals surface area (Å²) < 4.78 is 18.4. The Labute approximate surface area is 106 Å². The van der Waals surface area contributed by atoms with Crippen LogP contribution in [0.3, 0.4) is 0 Å². The van der Waals surface area contributed by atoms with E-state index in [1.165, 1.54) is 12.1 Å². The number of halogens is 1. The first-order valence-corrected chi connectivity index (χ1v) is 5.82. The maximum atomic E-state index is 13.2. The van der Waals surface area contributed by atoms with Crippen LogP contribution >= 0.6 is 0 Å². The zero-order valence-electron chi connectivity index (χ0n) is 10.6. The molecule has 0 saturated heterocycles. The number of aromatic carboxylic acids is 1. The number of benzene rings is 1. The molecule has 0 saturated carbocycles. The molecule has 0 aliphatic rings. The first-order valence-electron chi connectivity index (χ1n) is 5.82. The highest BCUT2D eigenvalue weighted by Crippen LogP contribution is 2.12. The quantitative estimate of drug-likeness (QED) is 0.757. The van der Waals surface area contributed by atoms with Gasteiger partial charge in [0.25, 0.3) is 0 Å². The van der Waals surface area contributed by atoms with Gasteiger partial charge in [-0.15, -0.1) is 0 Å². The molecule has 5 heteroatoms. The summed E-state index contributed by atoms with van der Waals surface area (Å²) in [4.78, 5) is 12.8. The lowest BCUT2D eigenvalue weighted by atomic mass is 10.1. The van der Waals surface area contributed by atoms with Crippen molar-refractivity contribution >= 4 is 5.97 Å². The van der Waals surface area contributed by atoms with Crippen LogP contribution in [0.2, 0.25) is 0 Å². The lowest BCUT2D eigenvalue weighted by molar-refractivity contribution is 0.0691. The molecule has 0 heterocycles. The summed E-state index contributed by atoms with van der Waals surface area (Å²) in [7, 11) is 1.91. The summed E-state index contributed by atoms with van der Waals surface area (Å²) in [6.07, 6.45) is 0. The van der Waals surface area contributed by atoms with E-state index in [0.717, 1.165) is 12.1 Å². The highest BCUT2D eigenvalue weighted by molar-refractivity contribution is 5.88. The van der Waals surface area contributed by atoms with Gasteiger partial charge in [0, 0.05) is 19.7 Å². The molecule has 0 aromatic heterocycles. The lowest BCUT2D eigenvalue weighted by Gasteiger charge is -2.16. The van der Waals surface area contributed by atoms with E-state index in [1.807, 2.05) is 18.9 Å². The lowest BCUT2D eigenvalue weighted by Crippen LogP contribution is -2.23. The standard InChI is InChI=1S/C13H18FNO3/c1-3-18-7-6-15(2)9-10-4-5-12(14)11(8-10)13(16)17/h4-5,8H,3,6-7,9H2,1-2H3,(H,16,17). The summed E-state index contributed by atoms with van der Waals surface area (Å²) in [5.74, 6) is -1.95. The third-order valence-electron chi connectivity index (χ3n) is 2.54. The van der Waals surface area contributed by atoms with Gasteiger partial charge < -0.3 is 9.84 Å². The molecule has 1 aromatic carbocycles. The van der Waals surface area contributed by atoms with Crippen molar-refractivity contribution in [1.82, 2.24) is 4.90 Å². The van der Waals surface area contributed by atoms with Gasteiger partial charge in [-0.2, -0.15) is 0 Å². The summed E-state index contributed by atoms with van der Waals surface area (Å²) in [5, 5.41) is 8.82. The number of carboxylic acids is 1. The van der Waals surface area contributed by atoms with Crippen LogP contribution in [-0.4, -0.2) is 42.8 Å². The van der Waals surface area contributed by atoms with Gasteiger partial charge >= 0.3 is 5.97 Å². The molecular weight excluding hydrogens is 237 g/mol. The number of rotatable bonds is 7. The van der Waals surface area contributed by atoms with E-state index in [1.54, 1.807) is 6.07 Å². The van der Waals surface area contributed by atoms with Crippen LogP contribution in [0.15, 0.2) is 18.2 Å². The first kappa shape index (κ1) is 14.6. The van der Waals surface area contributed by atoms with Gasteiger partial charge in [0.15, 0.2) is 0 Å². The molecule has 4 nitrogen and oxygen atoms in total. The molecule has 18 heavy (non-hydrogen) atoms. The van der Waals surface area contributed by atoms with Gasteiger partial charge in [-0.3, -0.25) is 4.90 Å². The van der Waals surface area contributed by atoms with Crippen molar-refractivity contribution in [3.8, 4) is 0 Å². The van der Waals surface area contributed by atoms with Gasteiger partial charge in [-0.25, -0.2) is 9.18 Å². The van der Waals surface area contributed by atoms with Crippen molar-refractivity contribution < 1.29 is 19.0 Å². The average molecular weight is 255 g/mol. The Morgan fingerprint density at radius 2 is 2.22 bits per heavy atom. The summed E-state index contributed by atoms with van der Waals surface area (Å²) in [6, 6.07) is 4.16.